The predicted octanol–water partition coefficient (Wildman–Crippen LogP) is 5.09. The van der Waals surface area contributed by atoms with Crippen LogP contribution in [0.4, 0.5) is 0 Å². The van der Waals surface area contributed by atoms with E-state index < -0.39 is 6.04 Å². The van der Waals surface area contributed by atoms with Crippen LogP contribution in [0, 0.1) is 6.92 Å². The average molecular weight is 531 g/mol. The third kappa shape index (κ3) is 7.76. The predicted molar refractivity (Wildman–Crippen MR) is 151 cm³/mol. The summed E-state index contributed by atoms with van der Waals surface area (Å²) in [5.74, 6) is 1.17. The zero-order valence-corrected chi connectivity index (χ0v) is 23.0. The van der Waals surface area contributed by atoms with Crippen LogP contribution in [0.5, 0.6) is 17.2 Å². The molecule has 3 aromatic rings. The lowest BCUT2D eigenvalue weighted by Gasteiger charge is -2.32. The summed E-state index contributed by atoms with van der Waals surface area (Å²) in [6.07, 6.45) is 4.56. The van der Waals surface area contributed by atoms with E-state index in [-0.39, 0.29) is 24.5 Å². The number of hydrogen-bond donors (Lipinski definition) is 1. The Morgan fingerprint density at radius 1 is 0.897 bits per heavy atom. The number of amides is 2. The lowest BCUT2D eigenvalue weighted by Crippen LogP contribution is -2.53. The first kappa shape index (κ1) is 28.0. The molecule has 7 heteroatoms. The highest BCUT2D eigenvalue weighted by Gasteiger charge is 2.32. The topological polar surface area (TPSA) is 77.1 Å². The minimum absolute atomic E-state index is 0.129. The van der Waals surface area contributed by atoms with Gasteiger partial charge in [-0.2, -0.15) is 0 Å². The third-order valence-electron chi connectivity index (χ3n) is 7.26. The second-order valence-electron chi connectivity index (χ2n) is 9.98. The van der Waals surface area contributed by atoms with Crippen molar-refractivity contribution in [3.8, 4) is 17.2 Å². The zero-order valence-electron chi connectivity index (χ0n) is 23.0. The molecule has 1 atom stereocenters. The van der Waals surface area contributed by atoms with Gasteiger partial charge in [0, 0.05) is 37.2 Å². The average Bonchev–Trinajstić information content (AvgIpc) is 3.47. The Morgan fingerprint density at radius 3 is 2.15 bits per heavy atom. The van der Waals surface area contributed by atoms with E-state index in [1.165, 1.54) is 0 Å². The number of rotatable bonds is 12. The van der Waals surface area contributed by atoms with E-state index >= 15 is 0 Å². The van der Waals surface area contributed by atoms with E-state index in [9.17, 15) is 9.59 Å². The van der Waals surface area contributed by atoms with E-state index in [4.69, 9.17) is 14.2 Å². The maximum absolute atomic E-state index is 13.9. The lowest BCUT2D eigenvalue weighted by atomic mass is 10.0. The highest BCUT2D eigenvalue weighted by Crippen LogP contribution is 2.28. The Labute approximate surface area is 231 Å². The molecule has 1 aliphatic carbocycles. The van der Waals surface area contributed by atoms with Crippen LogP contribution in [0.2, 0.25) is 0 Å². The Kier molecular flexibility index (Phi) is 9.84. The number of methoxy groups -OCH3 is 2. The Bertz CT molecular complexity index is 1220. The van der Waals surface area contributed by atoms with Crippen LogP contribution in [0.1, 0.15) is 42.4 Å². The SMILES string of the molecule is COc1cc(OC)cc(OCC(=O)N(Cc2ccccc2C)[C@@H](Cc2ccccc2)C(=O)NC2CCCC2)c1. The van der Waals surface area contributed by atoms with Crippen molar-refractivity contribution in [2.24, 2.45) is 0 Å². The molecule has 1 N–H and O–H groups in total. The molecule has 4 rings (SSSR count). The van der Waals surface area contributed by atoms with E-state index in [0.29, 0.717) is 30.2 Å². The van der Waals surface area contributed by atoms with E-state index in [1.54, 1.807) is 37.3 Å². The lowest BCUT2D eigenvalue weighted by molar-refractivity contribution is -0.143. The number of benzene rings is 3. The minimum atomic E-state index is -0.691. The van der Waals surface area contributed by atoms with Crippen molar-refractivity contribution >= 4 is 11.8 Å². The quantitative estimate of drug-likeness (QED) is 0.353. The number of hydrogen-bond acceptors (Lipinski definition) is 5. The van der Waals surface area contributed by atoms with Crippen molar-refractivity contribution in [2.45, 2.75) is 57.7 Å². The van der Waals surface area contributed by atoms with Gasteiger partial charge in [-0.3, -0.25) is 9.59 Å². The number of nitrogens with one attached hydrogen (secondary N) is 1. The van der Waals surface area contributed by atoms with Crippen molar-refractivity contribution in [1.29, 1.82) is 0 Å². The molecule has 39 heavy (non-hydrogen) atoms. The molecule has 3 aromatic carbocycles. The fourth-order valence-corrected chi connectivity index (χ4v) is 4.99. The van der Waals surface area contributed by atoms with Gasteiger partial charge in [0.1, 0.15) is 23.3 Å². The van der Waals surface area contributed by atoms with Gasteiger partial charge in [0.15, 0.2) is 6.61 Å². The normalized spacial score (nSPS) is 13.9. The van der Waals surface area contributed by atoms with E-state index in [0.717, 1.165) is 42.4 Å². The molecule has 0 aliphatic heterocycles. The molecule has 0 unspecified atom stereocenters. The molecule has 0 bridgehead atoms. The fraction of sp³-hybridized carbons (Fsp3) is 0.375. The number of aryl methyl sites for hydroxylation is 1. The van der Waals surface area contributed by atoms with Gasteiger partial charge in [0.05, 0.1) is 14.2 Å². The highest BCUT2D eigenvalue weighted by molar-refractivity contribution is 5.88. The number of carbonyl (C=O) groups is 2. The van der Waals surface area contributed by atoms with Gasteiger partial charge in [0.2, 0.25) is 5.91 Å². The largest absolute Gasteiger partial charge is 0.496 e. The summed E-state index contributed by atoms with van der Waals surface area (Å²) in [6.45, 7) is 2.08. The Hall–Kier alpha value is -4.00. The molecule has 1 aliphatic rings. The molecular formula is C32H38N2O5. The minimum Gasteiger partial charge on any atom is -0.496 e. The maximum atomic E-state index is 13.9. The van der Waals surface area contributed by atoms with Crippen LogP contribution in [0.25, 0.3) is 0 Å². The van der Waals surface area contributed by atoms with Gasteiger partial charge in [0.25, 0.3) is 5.91 Å². The maximum Gasteiger partial charge on any atom is 0.261 e. The first-order valence-electron chi connectivity index (χ1n) is 13.5. The van der Waals surface area contributed by atoms with Gasteiger partial charge in [-0.15, -0.1) is 0 Å². The van der Waals surface area contributed by atoms with Crippen LogP contribution in [0.15, 0.2) is 72.8 Å². The van der Waals surface area contributed by atoms with Gasteiger partial charge in [-0.1, -0.05) is 67.4 Å². The standard InChI is InChI=1S/C32H38N2O5/c1-23-11-7-8-14-25(23)21-34(31(35)22-39-29-19-27(37-2)18-28(20-29)38-3)30(17-24-12-5-4-6-13-24)32(36)33-26-15-9-10-16-26/h4-8,11-14,18-20,26,30H,9-10,15-17,21-22H2,1-3H3,(H,33,36)/t30-/m0/s1. The second kappa shape index (κ2) is 13.7. The molecule has 0 spiro atoms. The van der Waals surface area contributed by atoms with Gasteiger partial charge in [-0.05, 0) is 36.5 Å². The number of nitrogens with zero attached hydrogens (tertiary/aromatic N) is 1. The summed E-state index contributed by atoms with van der Waals surface area (Å²) in [7, 11) is 3.12. The Balaban J connectivity index is 1.63. The molecule has 2 amide bonds. The molecular weight excluding hydrogens is 492 g/mol. The van der Waals surface area contributed by atoms with Crippen LogP contribution in [0.3, 0.4) is 0 Å². The van der Waals surface area contributed by atoms with Gasteiger partial charge in [-0.25, -0.2) is 0 Å². The van der Waals surface area contributed by atoms with Crippen molar-refractivity contribution in [1.82, 2.24) is 10.2 Å². The van der Waals surface area contributed by atoms with E-state index in [1.807, 2.05) is 61.5 Å². The first-order valence-corrected chi connectivity index (χ1v) is 13.5. The van der Waals surface area contributed by atoms with Crippen LogP contribution < -0.4 is 19.5 Å². The molecule has 1 fully saturated rings. The van der Waals surface area contributed by atoms with Gasteiger partial charge >= 0.3 is 0 Å². The highest BCUT2D eigenvalue weighted by atomic mass is 16.5. The van der Waals surface area contributed by atoms with Gasteiger partial charge < -0.3 is 24.4 Å². The number of carbonyl (C=O) groups excluding carboxylic acids is 2. The molecule has 7 nitrogen and oxygen atoms in total. The zero-order chi connectivity index (χ0) is 27.6. The van der Waals surface area contributed by atoms with Crippen LogP contribution in [-0.2, 0) is 22.6 Å². The van der Waals surface area contributed by atoms with Crippen molar-refractivity contribution < 1.29 is 23.8 Å². The molecule has 206 valence electrons. The molecule has 0 saturated heterocycles. The van der Waals surface area contributed by atoms with Crippen LogP contribution >= 0.6 is 0 Å². The second-order valence-corrected chi connectivity index (χ2v) is 9.98. The molecule has 0 radical (unpaired) electrons. The van der Waals surface area contributed by atoms with E-state index in [2.05, 4.69) is 5.32 Å². The third-order valence-corrected chi connectivity index (χ3v) is 7.26. The van der Waals surface area contributed by atoms with Crippen molar-refractivity contribution in [3.05, 3.63) is 89.5 Å². The summed E-state index contributed by atoms with van der Waals surface area (Å²) in [4.78, 5) is 29.3. The summed E-state index contributed by atoms with van der Waals surface area (Å²) < 4.78 is 16.6. The monoisotopic (exact) mass is 530 g/mol. The van der Waals surface area contributed by atoms with Crippen molar-refractivity contribution in [3.63, 3.8) is 0 Å². The first-order chi connectivity index (χ1) is 19.0. The fourth-order valence-electron chi connectivity index (χ4n) is 4.99. The summed E-state index contributed by atoms with van der Waals surface area (Å²) >= 11 is 0. The molecule has 0 aromatic heterocycles. The smallest absolute Gasteiger partial charge is 0.261 e. The van der Waals surface area contributed by atoms with Crippen molar-refractivity contribution in [2.75, 3.05) is 20.8 Å². The summed E-state index contributed by atoms with van der Waals surface area (Å²) in [5.41, 5.74) is 3.04. The summed E-state index contributed by atoms with van der Waals surface area (Å²) in [6, 6.07) is 22.4. The molecule has 0 heterocycles. The summed E-state index contributed by atoms with van der Waals surface area (Å²) in [5, 5.41) is 3.23. The molecule has 1 saturated carbocycles. The Morgan fingerprint density at radius 2 is 1.51 bits per heavy atom. The number of ether oxygens (including phenoxy) is 3. The van der Waals surface area contributed by atoms with Crippen LogP contribution in [-0.4, -0.2) is 49.6 Å².